The molecule has 1 unspecified atom stereocenters. The normalized spacial score (nSPS) is 18.0. The van der Waals surface area contributed by atoms with E-state index in [2.05, 4.69) is 11.9 Å². The molecule has 0 bridgehead atoms. The summed E-state index contributed by atoms with van der Waals surface area (Å²) >= 11 is 0. The number of fused-ring (bicyclic) bond motifs is 2. The molecule has 0 fully saturated rings. The lowest BCUT2D eigenvalue weighted by molar-refractivity contribution is 0.525. The highest BCUT2D eigenvalue weighted by molar-refractivity contribution is 7.91. The van der Waals surface area contributed by atoms with Gasteiger partial charge < -0.3 is 4.42 Å². The molecule has 0 amide bonds. The summed E-state index contributed by atoms with van der Waals surface area (Å²) in [5.41, 5.74) is 3.92. The smallest absolute Gasteiger partial charge is 0.336 e. The van der Waals surface area contributed by atoms with Crippen molar-refractivity contribution < 1.29 is 17.2 Å². The minimum Gasteiger partial charge on any atom is -0.441 e. The van der Waals surface area contributed by atoms with Gasteiger partial charge in [0.2, 0.25) is 0 Å². The largest absolute Gasteiger partial charge is 0.441 e. The molecule has 3 aromatic carbocycles. The SMILES string of the molecule is CCCc1nc2ccc(C3=C[N+](C)(S(=O)(=O)c4ccccc4)c4cc(F)ccc43)cc2o1. The number of benzene rings is 3. The Balaban J connectivity index is 1.71. The summed E-state index contributed by atoms with van der Waals surface area (Å²) in [6, 6.07) is 18.1. The van der Waals surface area contributed by atoms with Crippen LogP contribution in [0.25, 0.3) is 16.7 Å². The molecular weight excluding hydrogens is 427 g/mol. The molecule has 5 nitrogen and oxygen atoms in total. The Labute approximate surface area is 186 Å². The molecule has 0 saturated heterocycles. The van der Waals surface area contributed by atoms with Crippen molar-refractivity contribution in [3.05, 3.63) is 95.8 Å². The first-order chi connectivity index (χ1) is 15.3. The molecule has 0 spiro atoms. The van der Waals surface area contributed by atoms with E-state index in [-0.39, 0.29) is 4.90 Å². The number of aryl methyl sites for hydroxylation is 1. The van der Waals surface area contributed by atoms with Gasteiger partial charge >= 0.3 is 10.0 Å². The van der Waals surface area contributed by atoms with Crippen molar-refractivity contribution in [1.29, 1.82) is 0 Å². The molecule has 1 aromatic heterocycles. The van der Waals surface area contributed by atoms with Gasteiger partial charge in [-0.3, -0.25) is 0 Å². The number of nitrogens with zero attached hydrogens (tertiary/aromatic N) is 2. The fourth-order valence-electron chi connectivity index (χ4n) is 4.19. The number of rotatable bonds is 5. The average molecular weight is 450 g/mol. The molecule has 0 saturated carbocycles. The van der Waals surface area contributed by atoms with Gasteiger partial charge in [-0.15, -0.1) is 0 Å². The molecule has 32 heavy (non-hydrogen) atoms. The molecule has 0 radical (unpaired) electrons. The third kappa shape index (κ3) is 3.08. The summed E-state index contributed by atoms with van der Waals surface area (Å²) in [6.45, 7) is 2.06. The summed E-state index contributed by atoms with van der Waals surface area (Å²) in [5, 5.41) is 0. The van der Waals surface area contributed by atoms with Gasteiger partial charge in [-0.1, -0.05) is 31.2 Å². The van der Waals surface area contributed by atoms with Gasteiger partial charge in [-0.2, -0.15) is 12.3 Å². The van der Waals surface area contributed by atoms with Crippen LogP contribution in [0, 0.1) is 5.82 Å². The maximum absolute atomic E-state index is 14.3. The van der Waals surface area contributed by atoms with E-state index < -0.39 is 19.7 Å². The Hall–Kier alpha value is -3.29. The van der Waals surface area contributed by atoms with E-state index in [9.17, 15) is 12.8 Å². The summed E-state index contributed by atoms with van der Waals surface area (Å²) in [6.07, 6.45) is 3.34. The lowest BCUT2D eigenvalue weighted by Gasteiger charge is -2.26. The Morgan fingerprint density at radius 3 is 2.56 bits per heavy atom. The highest BCUT2D eigenvalue weighted by atomic mass is 32.2. The van der Waals surface area contributed by atoms with Crippen molar-refractivity contribution in [2.75, 3.05) is 7.05 Å². The van der Waals surface area contributed by atoms with E-state index in [0.717, 1.165) is 23.9 Å². The molecule has 1 aliphatic rings. The highest BCUT2D eigenvalue weighted by Crippen LogP contribution is 2.46. The van der Waals surface area contributed by atoms with Crippen molar-refractivity contribution in [3.8, 4) is 0 Å². The Kier molecular flexibility index (Phi) is 4.76. The number of halogens is 1. The zero-order chi connectivity index (χ0) is 22.5. The Morgan fingerprint density at radius 1 is 1.03 bits per heavy atom. The van der Waals surface area contributed by atoms with Crippen molar-refractivity contribution in [2.24, 2.45) is 0 Å². The van der Waals surface area contributed by atoms with Crippen LogP contribution in [0.15, 0.2) is 82.2 Å². The average Bonchev–Trinajstić information content (AvgIpc) is 3.33. The first-order valence-electron chi connectivity index (χ1n) is 10.4. The zero-order valence-corrected chi connectivity index (χ0v) is 18.6. The van der Waals surface area contributed by atoms with Gasteiger partial charge in [0.15, 0.2) is 17.2 Å². The van der Waals surface area contributed by atoms with E-state index in [4.69, 9.17) is 4.42 Å². The van der Waals surface area contributed by atoms with Crippen molar-refractivity contribution in [2.45, 2.75) is 24.7 Å². The van der Waals surface area contributed by atoms with E-state index >= 15 is 0 Å². The lowest BCUT2D eigenvalue weighted by Crippen LogP contribution is -2.44. The van der Waals surface area contributed by atoms with Crippen LogP contribution in [-0.4, -0.2) is 20.4 Å². The number of sulfonamides is 1. The van der Waals surface area contributed by atoms with Crippen LogP contribution in [-0.2, 0) is 16.4 Å². The van der Waals surface area contributed by atoms with Crippen LogP contribution in [0.4, 0.5) is 10.1 Å². The predicted octanol–water partition coefficient (Wildman–Crippen LogP) is 5.65. The first-order valence-corrected chi connectivity index (χ1v) is 11.9. The van der Waals surface area contributed by atoms with Crippen LogP contribution < -0.4 is 3.89 Å². The number of quaternary nitrogens is 1. The van der Waals surface area contributed by atoms with Crippen LogP contribution in [0.3, 0.4) is 0 Å². The third-order valence-corrected chi connectivity index (χ3v) is 8.02. The van der Waals surface area contributed by atoms with Crippen LogP contribution in [0.2, 0.25) is 0 Å². The maximum Gasteiger partial charge on any atom is 0.336 e. The van der Waals surface area contributed by atoms with E-state index in [0.29, 0.717) is 28.3 Å². The topological polar surface area (TPSA) is 60.2 Å². The van der Waals surface area contributed by atoms with Gasteiger partial charge in [0, 0.05) is 12.5 Å². The fourth-order valence-corrected chi connectivity index (χ4v) is 5.78. The standard InChI is InChI=1S/C25H22FN2O3S/c1-3-7-25-27-22-13-10-17(14-24(22)31-25)21-16-28(2,23-15-18(26)11-12-20(21)23)32(29,30)19-8-5-4-6-9-19/h4-6,8-16H,3,7H2,1-2H3/q+1. The van der Waals surface area contributed by atoms with Crippen molar-refractivity contribution in [1.82, 2.24) is 8.87 Å². The maximum atomic E-state index is 14.3. The second-order valence-corrected chi connectivity index (χ2v) is 10.2. The number of hydrogen-bond acceptors (Lipinski definition) is 4. The van der Waals surface area contributed by atoms with Crippen LogP contribution >= 0.6 is 0 Å². The molecule has 2 heterocycles. The number of oxazole rings is 1. The molecule has 0 N–H and O–H groups in total. The summed E-state index contributed by atoms with van der Waals surface area (Å²) in [7, 11) is -2.33. The minimum absolute atomic E-state index is 0.171. The van der Waals surface area contributed by atoms with Crippen LogP contribution in [0.5, 0.6) is 0 Å². The van der Waals surface area contributed by atoms with Crippen molar-refractivity contribution >= 4 is 32.4 Å². The summed E-state index contributed by atoms with van der Waals surface area (Å²) in [4.78, 5) is 4.67. The third-order valence-electron chi connectivity index (χ3n) is 5.85. The van der Waals surface area contributed by atoms with E-state index in [1.807, 2.05) is 18.2 Å². The second-order valence-electron chi connectivity index (χ2n) is 8.02. The molecule has 5 rings (SSSR count). The van der Waals surface area contributed by atoms with Crippen molar-refractivity contribution in [3.63, 3.8) is 0 Å². The van der Waals surface area contributed by atoms with Gasteiger partial charge in [-0.05, 0) is 48.4 Å². The molecule has 1 aliphatic heterocycles. The molecule has 7 heteroatoms. The molecular formula is C25H22FN2O3S+. The molecule has 4 aromatic rings. The van der Waals surface area contributed by atoms with Gasteiger partial charge in [0.25, 0.3) is 0 Å². The second kappa shape index (κ2) is 7.39. The van der Waals surface area contributed by atoms with Gasteiger partial charge in [-0.25, -0.2) is 9.37 Å². The first kappa shape index (κ1) is 20.6. The van der Waals surface area contributed by atoms with E-state index in [1.54, 1.807) is 49.6 Å². The van der Waals surface area contributed by atoms with E-state index in [1.165, 1.54) is 12.1 Å². The van der Waals surface area contributed by atoms with Gasteiger partial charge in [0.1, 0.15) is 22.4 Å². The Bertz CT molecular complexity index is 1480. The number of hydrogen-bond donors (Lipinski definition) is 0. The Morgan fingerprint density at radius 2 is 1.81 bits per heavy atom. The lowest BCUT2D eigenvalue weighted by atomic mass is 9.99. The zero-order valence-electron chi connectivity index (χ0n) is 17.7. The molecule has 1 atom stereocenters. The molecule has 0 aliphatic carbocycles. The van der Waals surface area contributed by atoms with Gasteiger partial charge in [0.05, 0.1) is 18.2 Å². The molecule has 162 valence electrons. The quantitative estimate of drug-likeness (QED) is 0.370. The van der Waals surface area contributed by atoms with Crippen LogP contribution in [0.1, 0.15) is 30.4 Å². The summed E-state index contributed by atoms with van der Waals surface area (Å²) < 4.78 is 46.9. The fraction of sp³-hybridized carbons (Fsp3) is 0.160. The summed E-state index contributed by atoms with van der Waals surface area (Å²) in [5.74, 6) is 0.190. The predicted molar refractivity (Wildman–Crippen MR) is 123 cm³/mol. The monoisotopic (exact) mass is 449 g/mol. The highest BCUT2D eigenvalue weighted by Gasteiger charge is 2.47. The number of aromatic nitrogens is 1. The minimum atomic E-state index is -3.90.